The van der Waals surface area contributed by atoms with Crippen molar-refractivity contribution >= 4 is 11.6 Å². The molecule has 0 aliphatic heterocycles. The third kappa shape index (κ3) is 3.54. The molecule has 1 amide bonds. The summed E-state index contributed by atoms with van der Waals surface area (Å²) in [5.41, 5.74) is 9.08. The minimum Gasteiger partial charge on any atom is -0.497 e. The minimum absolute atomic E-state index is 0.118. The number of rotatable bonds is 4. The predicted molar refractivity (Wildman–Crippen MR) is 84.4 cm³/mol. The molecule has 2 N–H and O–H groups in total. The molecule has 0 bridgehead atoms. The largest absolute Gasteiger partial charge is 0.497 e. The predicted octanol–water partition coefficient (Wildman–Crippen LogP) is 2.86. The third-order valence-corrected chi connectivity index (χ3v) is 3.34. The fourth-order valence-corrected chi connectivity index (χ4v) is 2.21. The van der Waals surface area contributed by atoms with Crippen LogP contribution in [0.2, 0.25) is 0 Å². The lowest BCUT2D eigenvalue weighted by Crippen LogP contribution is -2.27. The van der Waals surface area contributed by atoms with Gasteiger partial charge in [0.2, 0.25) is 0 Å². The summed E-state index contributed by atoms with van der Waals surface area (Å²) in [7, 11) is 3.33. The van der Waals surface area contributed by atoms with Crippen LogP contribution in [-0.2, 0) is 6.54 Å². The fourth-order valence-electron chi connectivity index (χ4n) is 2.21. The molecule has 0 saturated heterocycles. The maximum Gasteiger partial charge on any atom is 0.256 e. The number of hydrogen-bond acceptors (Lipinski definition) is 3. The van der Waals surface area contributed by atoms with Crippen LogP contribution in [0, 0.1) is 6.92 Å². The summed E-state index contributed by atoms with van der Waals surface area (Å²) in [6.45, 7) is 2.57. The molecule has 4 heteroatoms. The van der Waals surface area contributed by atoms with Gasteiger partial charge in [-0.1, -0.05) is 29.8 Å². The third-order valence-electron chi connectivity index (χ3n) is 3.34. The van der Waals surface area contributed by atoms with Gasteiger partial charge in [0.15, 0.2) is 0 Å². The molecular weight excluding hydrogens is 264 g/mol. The van der Waals surface area contributed by atoms with Crippen LogP contribution in [0.3, 0.4) is 0 Å². The normalized spacial score (nSPS) is 10.2. The van der Waals surface area contributed by atoms with Crippen LogP contribution in [0.1, 0.15) is 21.5 Å². The number of hydrogen-bond donors (Lipinski definition) is 1. The van der Waals surface area contributed by atoms with Crippen molar-refractivity contribution in [2.75, 3.05) is 19.9 Å². The van der Waals surface area contributed by atoms with Crippen molar-refractivity contribution in [1.29, 1.82) is 0 Å². The fraction of sp³-hybridized carbons (Fsp3) is 0.235. The Kier molecular flexibility index (Phi) is 4.48. The summed E-state index contributed by atoms with van der Waals surface area (Å²) >= 11 is 0. The molecule has 0 spiro atoms. The number of anilines is 1. The molecule has 0 aromatic heterocycles. The maximum atomic E-state index is 12.5. The van der Waals surface area contributed by atoms with Gasteiger partial charge in [0, 0.05) is 19.3 Å². The topological polar surface area (TPSA) is 55.6 Å². The Morgan fingerprint density at radius 3 is 2.67 bits per heavy atom. The van der Waals surface area contributed by atoms with E-state index in [2.05, 4.69) is 6.07 Å². The molecule has 0 aliphatic rings. The number of nitrogen functional groups attached to an aromatic ring is 1. The van der Waals surface area contributed by atoms with Crippen molar-refractivity contribution in [3.8, 4) is 5.75 Å². The second-order valence-corrected chi connectivity index (χ2v) is 5.10. The van der Waals surface area contributed by atoms with E-state index in [4.69, 9.17) is 10.5 Å². The molecule has 0 unspecified atom stereocenters. The molecule has 0 saturated carbocycles. The lowest BCUT2D eigenvalue weighted by Gasteiger charge is -2.19. The highest BCUT2D eigenvalue weighted by Crippen LogP contribution is 2.21. The Hall–Kier alpha value is -2.49. The van der Waals surface area contributed by atoms with Crippen LogP contribution in [0.5, 0.6) is 5.75 Å². The van der Waals surface area contributed by atoms with Crippen LogP contribution in [0.15, 0.2) is 42.5 Å². The van der Waals surface area contributed by atoms with E-state index in [-0.39, 0.29) is 5.91 Å². The van der Waals surface area contributed by atoms with E-state index in [9.17, 15) is 4.79 Å². The molecule has 2 aromatic rings. The molecule has 2 rings (SSSR count). The van der Waals surface area contributed by atoms with E-state index < -0.39 is 0 Å². The zero-order chi connectivity index (χ0) is 15.4. The van der Waals surface area contributed by atoms with Crippen molar-refractivity contribution in [1.82, 2.24) is 4.90 Å². The van der Waals surface area contributed by atoms with Crippen molar-refractivity contribution in [3.05, 3.63) is 59.2 Å². The first kappa shape index (κ1) is 14.9. The van der Waals surface area contributed by atoms with Gasteiger partial charge in [0.1, 0.15) is 5.75 Å². The number of methoxy groups -OCH3 is 1. The number of aryl methyl sites for hydroxylation is 1. The van der Waals surface area contributed by atoms with Gasteiger partial charge < -0.3 is 15.4 Å². The second-order valence-electron chi connectivity index (χ2n) is 5.10. The van der Waals surface area contributed by atoms with E-state index in [1.54, 1.807) is 37.3 Å². The molecule has 0 heterocycles. The highest BCUT2D eigenvalue weighted by Gasteiger charge is 2.16. The lowest BCUT2D eigenvalue weighted by atomic mass is 10.1. The van der Waals surface area contributed by atoms with Gasteiger partial charge >= 0.3 is 0 Å². The van der Waals surface area contributed by atoms with Crippen molar-refractivity contribution in [2.24, 2.45) is 0 Å². The number of carbonyl (C=O) groups excluding carboxylic acids is 1. The van der Waals surface area contributed by atoms with Crippen LogP contribution < -0.4 is 10.5 Å². The number of nitrogens with zero attached hydrogens (tertiary/aromatic N) is 1. The number of benzene rings is 2. The van der Waals surface area contributed by atoms with E-state index in [1.165, 1.54) is 5.56 Å². The minimum atomic E-state index is -0.118. The molecule has 0 aliphatic carbocycles. The summed E-state index contributed by atoms with van der Waals surface area (Å²) in [4.78, 5) is 14.2. The van der Waals surface area contributed by atoms with Crippen molar-refractivity contribution < 1.29 is 9.53 Å². The number of carbonyl (C=O) groups is 1. The van der Waals surface area contributed by atoms with Crippen molar-refractivity contribution in [3.63, 3.8) is 0 Å². The van der Waals surface area contributed by atoms with E-state index in [0.29, 0.717) is 23.5 Å². The van der Waals surface area contributed by atoms with Gasteiger partial charge in [-0.2, -0.15) is 0 Å². The molecule has 21 heavy (non-hydrogen) atoms. The number of nitrogens with two attached hydrogens (primary N) is 1. The Bertz CT molecular complexity index is 653. The first-order valence-electron chi connectivity index (χ1n) is 6.76. The van der Waals surface area contributed by atoms with Gasteiger partial charge in [-0.3, -0.25) is 4.79 Å². The summed E-state index contributed by atoms with van der Waals surface area (Å²) in [5.74, 6) is 0.504. The molecule has 0 radical (unpaired) electrons. The van der Waals surface area contributed by atoms with E-state index >= 15 is 0 Å². The van der Waals surface area contributed by atoms with Gasteiger partial charge in [0.25, 0.3) is 5.91 Å². The maximum absolute atomic E-state index is 12.5. The first-order valence-corrected chi connectivity index (χ1v) is 6.76. The average Bonchev–Trinajstić information content (AvgIpc) is 2.47. The highest BCUT2D eigenvalue weighted by molar-refractivity contribution is 5.99. The number of ether oxygens (including phenoxy) is 1. The van der Waals surface area contributed by atoms with Crippen LogP contribution >= 0.6 is 0 Å². The van der Waals surface area contributed by atoms with E-state index in [1.807, 2.05) is 25.1 Å². The number of amides is 1. The summed E-state index contributed by atoms with van der Waals surface area (Å²) in [5, 5.41) is 0. The molecule has 0 atom stereocenters. The van der Waals surface area contributed by atoms with Crippen LogP contribution in [0.25, 0.3) is 0 Å². The van der Waals surface area contributed by atoms with Crippen molar-refractivity contribution in [2.45, 2.75) is 13.5 Å². The SMILES string of the molecule is COc1ccc(N)c(C(=O)N(C)Cc2cccc(C)c2)c1. The first-order chi connectivity index (χ1) is 10.0. The van der Waals surface area contributed by atoms with Gasteiger partial charge in [-0.15, -0.1) is 0 Å². The quantitative estimate of drug-likeness (QED) is 0.878. The summed E-state index contributed by atoms with van der Waals surface area (Å²) in [6.07, 6.45) is 0. The monoisotopic (exact) mass is 284 g/mol. The lowest BCUT2D eigenvalue weighted by molar-refractivity contribution is 0.0785. The Labute approximate surface area is 125 Å². The summed E-state index contributed by atoms with van der Waals surface area (Å²) in [6, 6.07) is 13.2. The molecule has 2 aromatic carbocycles. The van der Waals surface area contributed by atoms with Crippen LogP contribution in [0.4, 0.5) is 5.69 Å². The smallest absolute Gasteiger partial charge is 0.256 e. The highest BCUT2D eigenvalue weighted by atomic mass is 16.5. The standard InChI is InChI=1S/C17H20N2O2/c1-12-5-4-6-13(9-12)11-19(2)17(20)15-10-14(21-3)7-8-16(15)18/h4-10H,11,18H2,1-3H3. The second kappa shape index (κ2) is 6.31. The summed E-state index contributed by atoms with van der Waals surface area (Å²) < 4.78 is 5.15. The zero-order valence-electron chi connectivity index (χ0n) is 12.6. The zero-order valence-corrected chi connectivity index (χ0v) is 12.6. The van der Waals surface area contributed by atoms with Gasteiger partial charge in [0.05, 0.1) is 12.7 Å². The van der Waals surface area contributed by atoms with Gasteiger partial charge in [-0.05, 0) is 30.7 Å². The average molecular weight is 284 g/mol. The molecule has 4 nitrogen and oxygen atoms in total. The molecule has 0 fully saturated rings. The van der Waals surface area contributed by atoms with E-state index in [0.717, 1.165) is 5.56 Å². The Balaban J connectivity index is 2.19. The van der Waals surface area contributed by atoms with Crippen LogP contribution in [-0.4, -0.2) is 25.0 Å². The Morgan fingerprint density at radius 2 is 2.00 bits per heavy atom. The molecular formula is C17H20N2O2. The Morgan fingerprint density at radius 1 is 1.24 bits per heavy atom. The van der Waals surface area contributed by atoms with Gasteiger partial charge in [-0.25, -0.2) is 0 Å². The molecule has 110 valence electrons.